The molecular weight excluding hydrogens is 250 g/mol. The van der Waals surface area contributed by atoms with Gasteiger partial charge in [0.25, 0.3) is 0 Å². The number of allylic oxidation sites excluding steroid dienone is 1. The number of nitrogens with one attached hydrogen (secondary N) is 1. The van der Waals surface area contributed by atoms with Crippen molar-refractivity contribution in [1.29, 1.82) is 0 Å². The summed E-state index contributed by atoms with van der Waals surface area (Å²) in [5.41, 5.74) is 2.33. The fourth-order valence-corrected chi connectivity index (χ4v) is 7.28. The Balaban J connectivity index is 4.90. The smallest absolute Gasteiger partial charge is 0.0714 e. The Kier molecular flexibility index (Phi) is 8.40. The van der Waals surface area contributed by atoms with Gasteiger partial charge in [-0.25, -0.2) is 0 Å². The van der Waals surface area contributed by atoms with E-state index in [1.165, 1.54) is 34.8 Å². The van der Waals surface area contributed by atoms with Crippen LogP contribution in [0.5, 0.6) is 0 Å². The van der Waals surface area contributed by atoms with Crippen molar-refractivity contribution >= 4 is 18.3 Å². The highest BCUT2D eigenvalue weighted by Gasteiger charge is 2.34. The molecule has 108 valence electrons. The maximum atomic E-state index is 3.97. The van der Waals surface area contributed by atoms with E-state index in [0.29, 0.717) is 6.04 Å². The summed E-state index contributed by atoms with van der Waals surface area (Å²) in [5.74, 6) is 0. The molecule has 2 atom stereocenters. The van der Waals surface area contributed by atoms with Gasteiger partial charge in [-0.1, -0.05) is 63.5 Å². The molecule has 0 aromatic carbocycles. The highest BCUT2D eigenvalue weighted by atomic mass is 28.3. The first-order valence-corrected chi connectivity index (χ1v) is 11.5. The molecule has 0 radical (unpaired) electrons. The van der Waals surface area contributed by atoms with Crippen LogP contribution in [-0.4, -0.2) is 30.0 Å². The molecule has 3 heteroatoms. The molecule has 0 saturated carbocycles. The summed E-state index contributed by atoms with van der Waals surface area (Å²) in [6.45, 7) is 16.6. The van der Waals surface area contributed by atoms with Crippen LogP contribution in [0.2, 0.25) is 18.1 Å². The van der Waals surface area contributed by atoms with Crippen molar-refractivity contribution in [3.05, 3.63) is 10.8 Å². The topological polar surface area (TPSA) is 12.0 Å². The Morgan fingerprint density at radius 2 is 1.50 bits per heavy atom. The van der Waals surface area contributed by atoms with Gasteiger partial charge in [-0.05, 0) is 25.9 Å². The monoisotopic (exact) mass is 285 g/mol. The molecule has 1 N–H and O–H groups in total. The Hall–Kier alpha value is 0.134. The van der Waals surface area contributed by atoms with Crippen LogP contribution in [0.3, 0.4) is 0 Å². The largest absolute Gasteiger partial charge is 0.310 e. The van der Waals surface area contributed by atoms with Crippen molar-refractivity contribution in [2.24, 2.45) is 0 Å². The van der Waals surface area contributed by atoms with Crippen LogP contribution in [0.25, 0.3) is 0 Å². The van der Waals surface area contributed by atoms with Gasteiger partial charge in [-0.2, -0.15) is 0 Å². The molecule has 0 aromatic heterocycles. The third kappa shape index (κ3) is 4.35. The third-order valence-corrected chi connectivity index (χ3v) is 12.2. The lowest BCUT2D eigenvalue weighted by molar-refractivity contribution is 0.531. The van der Waals surface area contributed by atoms with Crippen LogP contribution in [-0.2, 0) is 0 Å². The van der Waals surface area contributed by atoms with Crippen molar-refractivity contribution in [3.63, 3.8) is 0 Å². The van der Waals surface area contributed by atoms with E-state index in [2.05, 4.69) is 53.8 Å². The summed E-state index contributed by atoms with van der Waals surface area (Å²) in [7, 11) is 0.0959. The molecule has 0 spiro atoms. The van der Waals surface area contributed by atoms with E-state index in [0.717, 1.165) is 5.67 Å². The highest BCUT2D eigenvalue weighted by molar-refractivity contribution is 6.81. The Bertz CT molecular complexity index is 257. The molecule has 0 aromatic rings. The lowest BCUT2D eigenvalue weighted by atomic mass is 10.1. The first kappa shape index (κ1) is 18.1. The van der Waals surface area contributed by atoms with Crippen molar-refractivity contribution in [3.8, 4) is 0 Å². The molecule has 0 aliphatic rings. The van der Waals surface area contributed by atoms with Crippen LogP contribution < -0.4 is 5.32 Å². The maximum absolute atomic E-state index is 3.97. The minimum Gasteiger partial charge on any atom is -0.310 e. The summed E-state index contributed by atoms with van der Waals surface area (Å²) >= 11 is 0. The SMILES string of the molecule is CCC(NC(C)[Si](CC)(CC)CC)C(C)=C(C)[SiH3]. The third-order valence-electron chi connectivity index (χ3n) is 5.20. The Morgan fingerprint density at radius 3 is 1.78 bits per heavy atom. The van der Waals surface area contributed by atoms with Gasteiger partial charge >= 0.3 is 0 Å². The van der Waals surface area contributed by atoms with Crippen molar-refractivity contribution in [2.75, 3.05) is 0 Å². The molecule has 0 fully saturated rings. The lowest BCUT2D eigenvalue weighted by Crippen LogP contribution is -2.55. The van der Waals surface area contributed by atoms with Crippen LogP contribution in [0, 0.1) is 0 Å². The number of hydrogen-bond donors (Lipinski definition) is 1. The van der Waals surface area contributed by atoms with Crippen molar-refractivity contribution in [1.82, 2.24) is 5.32 Å². The zero-order chi connectivity index (χ0) is 14.3. The molecule has 0 heterocycles. The van der Waals surface area contributed by atoms with E-state index in [1.54, 1.807) is 10.8 Å². The van der Waals surface area contributed by atoms with E-state index >= 15 is 0 Å². The van der Waals surface area contributed by atoms with Gasteiger partial charge in [0, 0.05) is 16.3 Å². The Labute approximate surface area is 119 Å². The second-order valence-corrected chi connectivity index (χ2v) is 13.2. The van der Waals surface area contributed by atoms with E-state index in [1.807, 2.05) is 0 Å². The molecule has 0 bridgehead atoms. The molecule has 0 aliphatic heterocycles. The molecule has 0 aliphatic carbocycles. The first-order chi connectivity index (χ1) is 8.38. The van der Waals surface area contributed by atoms with Gasteiger partial charge in [0.05, 0.1) is 8.07 Å². The van der Waals surface area contributed by atoms with Gasteiger partial charge in [0.2, 0.25) is 0 Å². The number of rotatable bonds is 8. The Morgan fingerprint density at radius 1 is 1.06 bits per heavy atom. The van der Waals surface area contributed by atoms with Crippen LogP contribution in [0.15, 0.2) is 10.8 Å². The quantitative estimate of drug-likeness (QED) is 0.674. The molecule has 0 rings (SSSR count). The van der Waals surface area contributed by atoms with Gasteiger partial charge in [0.1, 0.15) is 0 Å². The maximum Gasteiger partial charge on any atom is 0.0714 e. The predicted molar refractivity (Wildman–Crippen MR) is 92.2 cm³/mol. The summed E-state index contributed by atoms with van der Waals surface area (Å²) < 4.78 is 0. The molecule has 0 amide bonds. The lowest BCUT2D eigenvalue weighted by Gasteiger charge is -2.38. The van der Waals surface area contributed by atoms with Gasteiger partial charge in [-0.3, -0.25) is 0 Å². The van der Waals surface area contributed by atoms with Gasteiger partial charge in [0.15, 0.2) is 0 Å². The number of hydrogen-bond acceptors (Lipinski definition) is 1. The van der Waals surface area contributed by atoms with Crippen molar-refractivity contribution in [2.45, 2.75) is 84.7 Å². The average molecular weight is 286 g/mol. The first-order valence-electron chi connectivity index (χ1n) is 7.78. The summed E-state index contributed by atoms with van der Waals surface area (Å²) in [4.78, 5) is 0. The minimum atomic E-state index is -1.10. The second-order valence-electron chi connectivity index (χ2n) is 5.96. The predicted octanol–water partition coefficient (Wildman–Crippen LogP) is 3.45. The zero-order valence-corrected chi connectivity index (χ0v) is 17.0. The highest BCUT2D eigenvalue weighted by Crippen LogP contribution is 2.25. The molecular formula is C15H35NSi2. The molecule has 18 heavy (non-hydrogen) atoms. The van der Waals surface area contributed by atoms with Crippen LogP contribution in [0.4, 0.5) is 0 Å². The van der Waals surface area contributed by atoms with Gasteiger partial charge < -0.3 is 5.32 Å². The average Bonchev–Trinajstić information content (AvgIpc) is 2.37. The fourth-order valence-electron chi connectivity index (χ4n) is 3.04. The van der Waals surface area contributed by atoms with E-state index in [4.69, 9.17) is 0 Å². The minimum absolute atomic E-state index is 0.606. The zero-order valence-electron chi connectivity index (χ0n) is 14.0. The van der Waals surface area contributed by atoms with E-state index in [-0.39, 0.29) is 0 Å². The summed E-state index contributed by atoms with van der Waals surface area (Å²) in [6.07, 6.45) is 1.22. The van der Waals surface area contributed by atoms with Crippen LogP contribution >= 0.6 is 0 Å². The van der Waals surface area contributed by atoms with Gasteiger partial charge in [-0.15, -0.1) is 0 Å². The molecule has 1 nitrogen and oxygen atoms in total. The molecule has 2 unspecified atom stereocenters. The summed E-state index contributed by atoms with van der Waals surface area (Å²) in [6, 6.07) is 4.84. The summed E-state index contributed by atoms with van der Waals surface area (Å²) in [5, 5.41) is 5.58. The standard InChI is InChI=1S/C15H35NSi2/c1-8-15(12(5)13(6)17)16-14(7)18(9-2,10-3)11-4/h14-16H,8-11H2,1-7,17H3. The molecule has 0 saturated heterocycles. The van der Waals surface area contributed by atoms with Crippen LogP contribution in [0.1, 0.15) is 54.9 Å². The van der Waals surface area contributed by atoms with E-state index in [9.17, 15) is 0 Å². The second kappa shape index (κ2) is 8.33. The normalized spacial score (nSPS) is 17.5. The van der Waals surface area contributed by atoms with E-state index < -0.39 is 8.07 Å². The fraction of sp³-hybridized carbons (Fsp3) is 0.867. The van der Waals surface area contributed by atoms with Crippen molar-refractivity contribution < 1.29 is 0 Å².